The molecule has 0 aliphatic rings. The zero-order valence-electron chi connectivity index (χ0n) is 7.46. The van der Waals surface area contributed by atoms with Crippen molar-refractivity contribution in [1.29, 1.82) is 0 Å². The van der Waals surface area contributed by atoms with Crippen LogP contribution in [0.3, 0.4) is 0 Å². The van der Waals surface area contributed by atoms with E-state index in [1.165, 1.54) is 6.20 Å². The van der Waals surface area contributed by atoms with Crippen LogP contribution in [-0.4, -0.2) is 22.6 Å². The molecule has 0 saturated heterocycles. The third-order valence-corrected chi connectivity index (χ3v) is 1.67. The van der Waals surface area contributed by atoms with Crippen molar-refractivity contribution in [3.05, 3.63) is 11.8 Å². The average molecular weight is 182 g/mol. The van der Waals surface area contributed by atoms with Crippen molar-refractivity contribution in [2.45, 2.75) is 19.8 Å². The van der Waals surface area contributed by atoms with Gasteiger partial charge in [0.1, 0.15) is 5.56 Å². The molecule has 0 saturated carbocycles. The van der Waals surface area contributed by atoms with Crippen molar-refractivity contribution < 1.29 is 9.90 Å². The Morgan fingerprint density at radius 2 is 2.46 bits per heavy atom. The van der Waals surface area contributed by atoms with Crippen molar-refractivity contribution >= 4 is 5.91 Å². The number of nitrogens with zero attached hydrogens (tertiary/aromatic N) is 1. The number of hydrogen-bond donors (Lipinski definition) is 2. The van der Waals surface area contributed by atoms with Crippen molar-refractivity contribution in [3.8, 4) is 5.88 Å². The molecule has 0 atom stereocenters. The summed E-state index contributed by atoms with van der Waals surface area (Å²) in [4.78, 5) is 11.2. The van der Waals surface area contributed by atoms with Gasteiger partial charge in [-0.05, 0) is 6.42 Å². The van der Waals surface area contributed by atoms with Gasteiger partial charge in [0, 0.05) is 12.7 Å². The van der Waals surface area contributed by atoms with Gasteiger partial charge in [0.2, 0.25) is 0 Å². The Kier molecular flexibility index (Phi) is 3.31. The van der Waals surface area contributed by atoms with E-state index in [4.69, 9.17) is 0 Å². The average Bonchev–Trinajstić information content (AvgIpc) is 2.52. The molecule has 0 aliphatic carbocycles. The fourth-order valence-corrected chi connectivity index (χ4v) is 0.914. The van der Waals surface area contributed by atoms with Crippen LogP contribution >= 0.6 is 0 Å². The molecule has 2 N–H and O–H groups in total. The van der Waals surface area contributed by atoms with Crippen LogP contribution in [0.5, 0.6) is 5.88 Å². The Balaban J connectivity index is 2.45. The third kappa shape index (κ3) is 2.47. The Morgan fingerprint density at radius 1 is 1.69 bits per heavy atom. The van der Waals surface area contributed by atoms with E-state index in [2.05, 4.69) is 15.5 Å². The second kappa shape index (κ2) is 4.49. The number of carbonyl (C=O) groups excluding carboxylic acids is 1. The van der Waals surface area contributed by atoms with Crippen LogP contribution in [0.15, 0.2) is 6.20 Å². The second-order valence-corrected chi connectivity index (χ2v) is 2.71. The Bertz CT molecular complexity index is 283. The molecule has 1 aromatic rings. The maximum Gasteiger partial charge on any atom is 0.300 e. The molecular formula is C8H12N3O2. The summed E-state index contributed by atoms with van der Waals surface area (Å²) in [5.41, 5.74) is 0.0797. The first-order valence-electron chi connectivity index (χ1n) is 4.24. The Hall–Kier alpha value is -1.52. The summed E-state index contributed by atoms with van der Waals surface area (Å²) in [6.45, 7) is 2.63. The lowest BCUT2D eigenvalue weighted by atomic mass is 10.3. The monoisotopic (exact) mass is 182 g/mol. The maximum atomic E-state index is 11.2. The lowest BCUT2D eigenvalue weighted by Crippen LogP contribution is -2.23. The Morgan fingerprint density at radius 3 is 3.00 bits per heavy atom. The van der Waals surface area contributed by atoms with Gasteiger partial charge in [-0.3, -0.25) is 15.0 Å². The largest absolute Gasteiger partial charge is 0.352 e. The van der Waals surface area contributed by atoms with Crippen LogP contribution < -0.4 is 5.32 Å². The van der Waals surface area contributed by atoms with Crippen LogP contribution in [0.25, 0.3) is 0 Å². The molecule has 0 fully saturated rings. The molecule has 13 heavy (non-hydrogen) atoms. The number of rotatable bonds is 4. The van der Waals surface area contributed by atoms with Crippen LogP contribution in [-0.2, 0) is 5.11 Å². The normalized spacial score (nSPS) is 9.92. The molecule has 5 heteroatoms. The minimum Gasteiger partial charge on any atom is -0.352 e. The molecule has 71 valence electrons. The topological polar surface area (TPSA) is 77.7 Å². The SMILES string of the molecule is CCCCNC(=O)c1c[nH]nc1[O]. The molecule has 1 rings (SSSR count). The van der Waals surface area contributed by atoms with E-state index in [0.29, 0.717) is 6.54 Å². The second-order valence-electron chi connectivity index (χ2n) is 2.71. The van der Waals surface area contributed by atoms with Gasteiger partial charge in [-0.2, -0.15) is 0 Å². The number of carbonyl (C=O) groups is 1. The molecule has 5 nitrogen and oxygen atoms in total. The fraction of sp³-hybridized carbons (Fsp3) is 0.500. The molecule has 1 heterocycles. The molecule has 1 amide bonds. The first kappa shape index (κ1) is 9.57. The third-order valence-electron chi connectivity index (χ3n) is 1.67. The van der Waals surface area contributed by atoms with E-state index in [1.54, 1.807) is 0 Å². The van der Waals surface area contributed by atoms with Gasteiger partial charge in [-0.25, -0.2) is 0 Å². The summed E-state index contributed by atoms with van der Waals surface area (Å²) in [5, 5.41) is 19.2. The zero-order chi connectivity index (χ0) is 9.68. The van der Waals surface area contributed by atoms with Gasteiger partial charge in [0.25, 0.3) is 5.91 Å². The summed E-state index contributed by atoms with van der Waals surface area (Å²) in [5.74, 6) is -0.860. The first-order chi connectivity index (χ1) is 6.25. The van der Waals surface area contributed by atoms with E-state index in [-0.39, 0.29) is 11.5 Å². The lowest BCUT2D eigenvalue weighted by molar-refractivity contribution is 0.0948. The molecule has 1 aromatic heterocycles. The highest BCUT2D eigenvalue weighted by molar-refractivity contribution is 5.95. The van der Waals surface area contributed by atoms with Gasteiger partial charge in [-0.1, -0.05) is 13.3 Å². The molecule has 1 radical (unpaired) electrons. The number of aromatic nitrogens is 2. The first-order valence-corrected chi connectivity index (χ1v) is 4.24. The molecular weight excluding hydrogens is 170 g/mol. The molecule has 0 aliphatic heterocycles. The minimum absolute atomic E-state index is 0.0797. The molecule has 0 aromatic carbocycles. The van der Waals surface area contributed by atoms with Crippen LogP contribution in [0.1, 0.15) is 30.1 Å². The van der Waals surface area contributed by atoms with Crippen molar-refractivity contribution in [3.63, 3.8) is 0 Å². The standard InChI is InChI=1S/C8H12N3O2/c1-2-3-4-9-7(12)6-5-10-11-8(6)13/h5H,2-4H2,1H3,(H,9,12)(H,10,11). The summed E-state index contributed by atoms with van der Waals surface area (Å²) in [7, 11) is 0. The number of H-pyrrole nitrogens is 1. The maximum absolute atomic E-state index is 11.2. The van der Waals surface area contributed by atoms with E-state index in [9.17, 15) is 9.90 Å². The predicted octanol–water partition coefficient (Wildman–Crippen LogP) is 1.08. The summed E-state index contributed by atoms with van der Waals surface area (Å²) in [6.07, 6.45) is 3.23. The van der Waals surface area contributed by atoms with Gasteiger partial charge in [-0.15, -0.1) is 5.10 Å². The lowest BCUT2D eigenvalue weighted by Gasteiger charge is -2.00. The summed E-state index contributed by atoms with van der Waals surface area (Å²) >= 11 is 0. The van der Waals surface area contributed by atoms with Gasteiger partial charge in [0.15, 0.2) is 0 Å². The van der Waals surface area contributed by atoms with E-state index >= 15 is 0 Å². The number of aromatic amines is 1. The van der Waals surface area contributed by atoms with Gasteiger partial charge >= 0.3 is 5.88 Å². The van der Waals surface area contributed by atoms with Crippen LogP contribution in [0.4, 0.5) is 0 Å². The number of unbranched alkanes of at least 4 members (excludes halogenated alkanes) is 1. The smallest absolute Gasteiger partial charge is 0.300 e. The van der Waals surface area contributed by atoms with E-state index in [1.807, 2.05) is 6.92 Å². The molecule has 0 spiro atoms. The molecule has 0 bridgehead atoms. The Labute approximate surface area is 76.2 Å². The fourth-order valence-electron chi connectivity index (χ4n) is 0.914. The molecule has 0 unspecified atom stereocenters. The zero-order valence-corrected chi connectivity index (χ0v) is 7.46. The summed E-state index contributed by atoms with van der Waals surface area (Å²) < 4.78 is 0. The van der Waals surface area contributed by atoms with Crippen molar-refractivity contribution in [1.82, 2.24) is 15.5 Å². The number of nitrogens with one attached hydrogen (secondary N) is 2. The van der Waals surface area contributed by atoms with Crippen molar-refractivity contribution in [2.24, 2.45) is 0 Å². The highest BCUT2D eigenvalue weighted by atomic mass is 16.3. The van der Waals surface area contributed by atoms with E-state index in [0.717, 1.165) is 12.8 Å². The summed E-state index contributed by atoms with van der Waals surface area (Å²) in [6, 6.07) is 0. The van der Waals surface area contributed by atoms with E-state index < -0.39 is 5.88 Å². The quantitative estimate of drug-likeness (QED) is 0.683. The van der Waals surface area contributed by atoms with Gasteiger partial charge < -0.3 is 5.32 Å². The highest BCUT2D eigenvalue weighted by Crippen LogP contribution is 2.11. The predicted molar refractivity (Wildman–Crippen MR) is 46.0 cm³/mol. The van der Waals surface area contributed by atoms with Crippen LogP contribution in [0, 0.1) is 0 Å². The number of hydrogen-bond acceptors (Lipinski definition) is 2. The minimum atomic E-state index is -0.506. The number of amides is 1. The van der Waals surface area contributed by atoms with Gasteiger partial charge in [0.05, 0.1) is 0 Å². The van der Waals surface area contributed by atoms with Crippen LogP contribution in [0.2, 0.25) is 0 Å². The highest BCUT2D eigenvalue weighted by Gasteiger charge is 2.13. The van der Waals surface area contributed by atoms with Crippen molar-refractivity contribution in [2.75, 3.05) is 6.54 Å².